The van der Waals surface area contributed by atoms with Crippen molar-refractivity contribution in [1.82, 2.24) is 10.2 Å². The Kier molecular flexibility index (Phi) is 7.74. The molecule has 1 aliphatic heterocycles. The van der Waals surface area contributed by atoms with Crippen molar-refractivity contribution >= 4 is 41.7 Å². The van der Waals surface area contributed by atoms with Crippen LogP contribution in [-0.4, -0.2) is 41.9 Å². The molecule has 20 heavy (non-hydrogen) atoms. The van der Waals surface area contributed by atoms with E-state index < -0.39 is 0 Å². The van der Waals surface area contributed by atoms with Crippen molar-refractivity contribution in [3.05, 3.63) is 34.9 Å². The molecule has 1 aromatic rings. The number of halogens is 2. The second-order valence-electron chi connectivity index (χ2n) is 4.81. The summed E-state index contributed by atoms with van der Waals surface area (Å²) in [5.41, 5.74) is 1.06. The first-order valence-electron chi connectivity index (χ1n) is 6.44. The van der Waals surface area contributed by atoms with Crippen molar-refractivity contribution in [2.45, 2.75) is 19.0 Å². The summed E-state index contributed by atoms with van der Waals surface area (Å²) in [6.45, 7) is 1.61. The minimum absolute atomic E-state index is 0. The van der Waals surface area contributed by atoms with Gasteiger partial charge in [-0.25, -0.2) is 0 Å². The number of carbonyl (C=O) groups is 1. The Bertz CT molecular complexity index is 439. The van der Waals surface area contributed by atoms with E-state index in [1.807, 2.05) is 43.1 Å². The van der Waals surface area contributed by atoms with Gasteiger partial charge in [0.2, 0.25) is 5.91 Å². The number of thioether (sulfide) groups is 1. The number of nitrogens with one attached hydrogen (secondary N) is 1. The Morgan fingerprint density at radius 3 is 3.00 bits per heavy atom. The van der Waals surface area contributed by atoms with Crippen LogP contribution >= 0.6 is 35.8 Å². The SMILES string of the molecule is CN(Cc1cccc(Cl)c1)C(=O)CC1CSCCN1.Cl. The first kappa shape index (κ1) is 17.6. The normalized spacial score (nSPS) is 18.2. The molecule has 2 rings (SSSR count). The monoisotopic (exact) mass is 334 g/mol. The van der Waals surface area contributed by atoms with Crippen LogP contribution < -0.4 is 5.32 Å². The standard InChI is InChI=1S/C14H19ClN2OS.ClH/c1-17(9-11-3-2-4-12(15)7-11)14(18)8-13-10-19-6-5-16-13;/h2-4,7,13,16H,5-6,8-10H2,1H3;1H. The van der Waals surface area contributed by atoms with Gasteiger partial charge in [0.1, 0.15) is 0 Å². The zero-order chi connectivity index (χ0) is 13.7. The lowest BCUT2D eigenvalue weighted by Crippen LogP contribution is -2.41. The van der Waals surface area contributed by atoms with Crippen LogP contribution in [0.15, 0.2) is 24.3 Å². The maximum atomic E-state index is 12.1. The molecule has 1 saturated heterocycles. The van der Waals surface area contributed by atoms with E-state index in [1.165, 1.54) is 0 Å². The quantitative estimate of drug-likeness (QED) is 0.918. The molecule has 1 atom stereocenters. The molecular weight excluding hydrogens is 315 g/mol. The van der Waals surface area contributed by atoms with E-state index >= 15 is 0 Å². The second-order valence-corrected chi connectivity index (χ2v) is 6.40. The van der Waals surface area contributed by atoms with E-state index in [0.717, 1.165) is 23.6 Å². The third kappa shape index (κ3) is 5.52. The van der Waals surface area contributed by atoms with E-state index in [0.29, 0.717) is 24.0 Å². The van der Waals surface area contributed by atoms with Crippen molar-refractivity contribution in [2.75, 3.05) is 25.1 Å². The van der Waals surface area contributed by atoms with Crippen LogP contribution in [0.3, 0.4) is 0 Å². The molecule has 0 bridgehead atoms. The zero-order valence-corrected chi connectivity index (χ0v) is 13.9. The number of rotatable bonds is 4. The highest BCUT2D eigenvalue weighted by Gasteiger charge is 2.19. The van der Waals surface area contributed by atoms with Crippen LogP contribution in [0.5, 0.6) is 0 Å². The Labute approximate surface area is 135 Å². The predicted octanol–water partition coefficient (Wildman–Crippen LogP) is 2.82. The molecule has 1 amide bonds. The summed E-state index contributed by atoms with van der Waals surface area (Å²) < 4.78 is 0. The molecular formula is C14H20Cl2N2OS. The molecule has 0 aromatic heterocycles. The van der Waals surface area contributed by atoms with Gasteiger partial charge in [-0.15, -0.1) is 12.4 Å². The number of carbonyl (C=O) groups excluding carboxylic acids is 1. The van der Waals surface area contributed by atoms with Crippen LogP contribution in [0.25, 0.3) is 0 Å². The summed E-state index contributed by atoms with van der Waals surface area (Å²) >= 11 is 7.86. The summed E-state index contributed by atoms with van der Waals surface area (Å²) in [6, 6.07) is 7.96. The van der Waals surface area contributed by atoms with Gasteiger partial charge in [-0.05, 0) is 17.7 Å². The highest BCUT2D eigenvalue weighted by Crippen LogP contribution is 2.14. The summed E-state index contributed by atoms with van der Waals surface area (Å²) in [5.74, 6) is 2.35. The smallest absolute Gasteiger partial charge is 0.224 e. The zero-order valence-electron chi connectivity index (χ0n) is 11.5. The van der Waals surface area contributed by atoms with E-state index in [4.69, 9.17) is 11.6 Å². The lowest BCUT2D eigenvalue weighted by Gasteiger charge is -2.25. The summed E-state index contributed by atoms with van der Waals surface area (Å²) in [5, 5.41) is 4.10. The van der Waals surface area contributed by atoms with Gasteiger partial charge in [0.05, 0.1) is 0 Å². The first-order valence-corrected chi connectivity index (χ1v) is 7.98. The summed E-state index contributed by atoms with van der Waals surface area (Å²) in [7, 11) is 1.85. The number of amides is 1. The molecule has 1 aliphatic rings. The molecule has 0 saturated carbocycles. The minimum Gasteiger partial charge on any atom is -0.341 e. The van der Waals surface area contributed by atoms with Crippen molar-refractivity contribution in [1.29, 1.82) is 0 Å². The van der Waals surface area contributed by atoms with Crippen LogP contribution in [0.1, 0.15) is 12.0 Å². The van der Waals surface area contributed by atoms with Gasteiger partial charge in [0.15, 0.2) is 0 Å². The molecule has 0 radical (unpaired) electrons. The Morgan fingerprint density at radius 2 is 2.35 bits per heavy atom. The lowest BCUT2D eigenvalue weighted by molar-refractivity contribution is -0.130. The van der Waals surface area contributed by atoms with Crippen LogP contribution in [0, 0.1) is 0 Å². The first-order chi connectivity index (χ1) is 9.15. The molecule has 1 heterocycles. The minimum atomic E-state index is 0. The molecule has 3 nitrogen and oxygen atoms in total. The van der Waals surface area contributed by atoms with Crippen LogP contribution in [0.2, 0.25) is 5.02 Å². The van der Waals surface area contributed by atoms with Crippen molar-refractivity contribution in [3.63, 3.8) is 0 Å². The fraction of sp³-hybridized carbons (Fsp3) is 0.500. The molecule has 112 valence electrons. The average Bonchev–Trinajstić information content (AvgIpc) is 2.40. The van der Waals surface area contributed by atoms with Crippen molar-refractivity contribution < 1.29 is 4.79 Å². The molecule has 1 aromatic carbocycles. The highest BCUT2D eigenvalue weighted by atomic mass is 35.5. The van der Waals surface area contributed by atoms with Gasteiger partial charge < -0.3 is 10.2 Å². The maximum Gasteiger partial charge on any atom is 0.224 e. The Hall–Kier alpha value is -0.420. The Balaban J connectivity index is 0.00000200. The largest absolute Gasteiger partial charge is 0.341 e. The molecule has 1 N–H and O–H groups in total. The molecule has 1 fully saturated rings. The molecule has 1 unspecified atom stereocenters. The van der Waals surface area contributed by atoms with Crippen molar-refractivity contribution in [2.24, 2.45) is 0 Å². The van der Waals surface area contributed by atoms with Crippen LogP contribution in [0.4, 0.5) is 0 Å². The molecule has 0 aliphatic carbocycles. The maximum absolute atomic E-state index is 12.1. The van der Waals surface area contributed by atoms with E-state index in [2.05, 4.69) is 5.32 Å². The average molecular weight is 335 g/mol. The van der Waals surface area contributed by atoms with Gasteiger partial charge in [-0.2, -0.15) is 11.8 Å². The topological polar surface area (TPSA) is 32.3 Å². The second kappa shape index (κ2) is 8.78. The lowest BCUT2D eigenvalue weighted by atomic mass is 10.2. The van der Waals surface area contributed by atoms with Gasteiger partial charge in [-0.3, -0.25) is 4.79 Å². The summed E-state index contributed by atoms with van der Waals surface area (Å²) in [6.07, 6.45) is 0.573. The fourth-order valence-electron chi connectivity index (χ4n) is 2.11. The van der Waals surface area contributed by atoms with Crippen molar-refractivity contribution in [3.8, 4) is 0 Å². The molecule has 6 heteroatoms. The highest BCUT2D eigenvalue weighted by molar-refractivity contribution is 7.99. The van der Waals surface area contributed by atoms with Gasteiger partial charge >= 0.3 is 0 Å². The predicted molar refractivity (Wildman–Crippen MR) is 88.9 cm³/mol. The third-order valence-corrected chi connectivity index (χ3v) is 4.52. The fourth-order valence-corrected chi connectivity index (χ4v) is 3.28. The van der Waals surface area contributed by atoms with Crippen LogP contribution in [-0.2, 0) is 11.3 Å². The van der Waals surface area contributed by atoms with Gasteiger partial charge in [-0.1, -0.05) is 23.7 Å². The summed E-state index contributed by atoms with van der Waals surface area (Å²) in [4.78, 5) is 13.9. The number of hydrogen-bond acceptors (Lipinski definition) is 3. The molecule has 0 spiro atoms. The van der Waals surface area contributed by atoms with Gasteiger partial charge in [0, 0.05) is 49.1 Å². The Morgan fingerprint density at radius 1 is 1.55 bits per heavy atom. The van der Waals surface area contributed by atoms with E-state index in [9.17, 15) is 4.79 Å². The van der Waals surface area contributed by atoms with Gasteiger partial charge in [0.25, 0.3) is 0 Å². The van der Waals surface area contributed by atoms with E-state index in [-0.39, 0.29) is 18.3 Å². The number of nitrogens with zero attached hydrogens (tertiary/aromatic N) is 1. The third-order valence-electron chi connectivity index (χ3n) is 3.15. The number of benzene rings is 1. The number of hydrogen-bond donors (Lipinski definition) is 1. The van der Waals surface area contributed by atoms with E-state index in [1.54, 1.807) is 4.90 Å².